The largest absolute Gasteiger partial charge is 0.340 e. The molecule has 25 heavy (non-hydrogen) atoms. The lowest BCUT2D eigenvalue weighted by Crippen LogP contribution is -2.51. The predicted molar refractivity (Wildman–Crippen MR) is 98.6 cm³/mol. The van der Waals surface area contributed by atoms with Crippen LogP contribution in [0.5, 0.6) is 0 Å². The van der Waals surface area contributed by atoms with E-state index >= 15 is 0 Å². The van der Waals surface area contributed by atoms with Gasteiger partial charge in [0.25, 0.3) is 5.91 Å². The van der Waals surface area contributed by atoms with E-state index in [1.807, 2.05) is 18.7 Å². The monoisotopic (exact) mass is 363 g/mol. The molecule has 0 aliphatic carbocycles. The molecule has 1 aromatic rings. The summed E-state index contributed by atoms with van der Waals surface area (Å²) in [6, 6.07) is 6.25. The summed E-state index contributed by atoms with van der Waals surface area (Å²) in [6.07, 6.45) is 0.833. The van der Waals surface area contributed by atoms with Crippen LogP contribution in [0.1, 0.15) is 30.6 Å². The first-order chi connectivity index (χ1) is 12.0. The zero-order chi connectivity index (χ0) is 18.0. The molecular formula is C19H26ClN3O2. The quantitative estimate of drug-likeness (QED) is 0.842. The van der Waals surface area contributed by atoms with Gasteiger partial charge in [0.15, 0.2) is 0 Å². The van der Waals surface area contributed by atoms with Crippen molar-refractivity contribution >= 4 is 23.4 Å². The number of hydrogen-bond acceptors (Lipinski definition) is 3. The van der Waals surface area contributed by atoms with Crippen molar-refractivity contribution in [1.29, 1.82) is 0 Å². The maximum Gasteiger partial charge on any atom is 0.251 e. The summed E-state index contributed by atoms with van der Waals surface area (Å²) < 4.78 is 0. The number of nitrogens with zero attached hydrogens (tertiary/aromatic N) is 1. The van der Waals surface area contributed by atoms with E-state index in [0.29, 0.717) is 22.4 Å². The third-order valence-corrected chi connectivity index (χ3v) is 5.83. The maximum atomic E-state index is 13.1. The third kappa shape index (κ3) is 3.98. The van der Waals surface area contributed by atoms with Crippen molar-refractivity contribution in [3.8, 4) is 0 Å². The number of nitrogens with one attached hydrogen (secondary N) is 2. The van der Waals surface area contributed by atoms with Gasteiger partial charge in [-0.05, 0) is 42.0 Å². The molecule has 1 aromatic carbocycles. The van der Waals surface area contributed by atoms with Gasteiger partial charge in [0.2, 0.25) is 5.91 Å². The normalized spacial score (nSPS) is 24.7. The minimum absolute atomic E-state index is 0.0473. The van der Waals surface area contributed by atoms with E-state index in [0.717, 1.165) is 32.6 Å². The van der Waals surface area contributed by atoms with E-state index in [1.165, 1.54) is 0 Å². The molecule has 5 nitrogen and oxygen atoms in total. The van der Waals surface area contributed by atoms with Gasteiger partial charge in [0.1, 0.15) is 6.04 Å². The van der Waals surface area contributed by atoms with Crippen LogP contribution in [0.4, 0.5) is 0 Å². The first-order valence-electron chi connectivity index (χ1n) is 9.05. The molecule has 2 fully saturated rings. The van der Waals surface area contributed by atoms with E-state index < -0.39 is 6.04 Å². The number of likely N-dealkylation sites (tertiary alicyclic amines) is 1. The van der Waals surface area contributed by atoms with Crippen molar-refractivity contribution in [1.82, 2.24) is 15.5 Å². The van der Waals surface area contributed by atoms with E-state index in [2.05, 4.69) is 10.6 Å². The van der Waals surface area contributed by atoms with Crippen molar-refractivity contribution in [2.45, 2.75) is 26.3 Å². The van der Waals surface area contributed by atoms with Gasteiger partial charge in [-0.25, -0.2) is 0 Å². The van der Waals surface area contributed by atoms with Crippen LogP contribution in [0.25, 0.3) is 0 Å². The van der Waals surface area contributed by atoms with Crippen LogP contribution in [-0.4, -0.2) is 48.9 Å². The van der Waals surface area contributed by atoms with Gasteiger partial charge in [-0.15, -0.1) is 0 Å². The molecule has 2 N–H and O–H groups in total. The number of carbonyl (C=O) groups excluding carboxylic acids is 2. The Labute approximate surface area is 154 Å². The highest BCUT2D eigenvalue weighted by Crippen LogP contribution is 2.27. The second-order valence-corrected chi connectivity index (χ2v) is 7.70. The Balaban J connectivity index is 1.70. The minimum Gasteiger partial charge on any atom is -0.340 e. The van der Waals surface area contributed by atoms with E-state index in [-0.39, 0.29) is 17.7 Å². The van der Waals surface area contributed by atoms with Crippen molar-refractivity contribution in [3.63, 3.8) is 0 Å². The maximum absolute atomic E-state index is 13.1. The van der Waals surface area contributed by atoms with Crippen molar-refractivity contribution < 1.29 is 9.59 Å². The van der Waals surface area contributed by atoms with Crippen LogP contribution >= 0.6 is 11.6 Å². The number of hydrogen-bond donors (Lipinski definition) is 2. The van der Waals surface area contributed by atoms with Gasteiger partial charge < -0.3 is 15.5 Å². The van der Waals surface area contributed by atoms with Crippen LogP contribution in [0.2, 0.25) is 5.02 Å². The molecular weight excluding hydrogens is 338 g/mol. The van der Waals surface area contributed by atoms with Crippen molar-refractivity contribution in [2.24, 2.45) is 17.8 Å². The summed E-state index contributed by atoms with van der Waals surface area (Å²) in [5, 5.41) is 6.93. The van der Waals surface area contributed by atoms with Crippen LogP contribution in [-0.2, 0) is 4.79 Å². The van der Waals surface area contributed by atoms with Gasteiger partial charge in [-0.2, -0.15) is 0 Å². The average Bonchev–Trinajstić information content (AvgIpc) is 3.20. The molecule has 0 saturated carbocycles. The standard InChI is InChI=1S/C19H26ClN3O2/c1-3-12(2)17(22-18(24)13-4-6-16(20)7-5-13)19(25)23-10-14-8-21-9-15(14)11-23/h4-7,12,14-15,17,21H,3,8-11H2,1-2H3,(H,22,24)/t12?,14-,15+,17?. The molecule has 0 spiro atoms. The first kappa shape index (κ1) is 18.2. The Bertz CT molecular complexity index is 622. The highest BCUT2D eigenvalue weighted by Gasteiger charge is 2.41. The molecule has 6 heteroatoms. The first-order valence-corrected chi connectivity index (χ1v) is 9.43. The molecule has 2 aliphatic heterocycles. The molecule has 2 unspecified atom stereocenters. The van der Waals surface area contributed by atoms with E-state index in [1.54, 1.807) is 24.3 Å². The zero-order valence-corrected chi connectivity index (χ0v) is 15.6. The zero-order valence-electron chi connectivity index (χ0n) is 14.8. The summed E-state index contributed by atoms with van der Waals surface area (Å²) in [4.78, 5) is 27.6. The molecule has 2 saturated heterocycles. The number of rotatable bonds is 5. The lowest BCUT2D eigenvalue weighted by Gasteiger charge is -2.28. The number of carbonyl (C=O) groups is 2. The highest BCUT2D eigenvalue weighted by atomic mass is 35.5. The SMILES string of the molecule is CCC(C)C(NC(=O)c1ccc(Cl)cc1)C(=O)N1C[C@H]2CNC[C@H]2C1. The lowest BCUT2D eigenvalue weighted by molar-refractivity contribution is -0.133. The Kier molecular flexibility index (Phi) is 5.64. The fraction of sp³-hybridized carbons (Fsp3) is 0.579. The average molecular weight is 364 g/mol. The summed E-state index contributed by atoms with van der Waals surface area (Å²) in [6.45, 7) is 7.62. The number of benzene rings is 1. The Morgan fingerprint density at radius 3 is 2.40 bits per heavy atom. The molecule has 0 bridgehead atoms. The van der Waals surface area contributed by atoms with Gasteiger partial charge in [-0.1, -0.05) is 31.9 Å². The third-order valence-electron chi connectivity index (χ3n) is 5.57. The smallest absolute Gasteiger partial charge is 0.251 e. The second-order valence-electron chi connectivity index (χ2n) is 7.27. The van der Waals surface area contributed by atoms with Crippen molar-refractivity contribution in [2.75, 3.05) is 26.2 Å². The number of fused-ring (bicyclic) bond motifs is 1. The Morgan fingerprint density at radius 2 is 1.84 bits per heavy atom. The minimum atomic E-state index is -0.486. The Hall–Kier alpha value is -1.59. The van der Waals surface area contributed by atoms with Crippen LogP contribution in [0.15, 0.2) is 24.3 Å². The molecule has 2 aliphatic rings. The fourth-order valence-corrected chi connectivity index (χ4v) is 3.87. The van der Waals surface area contributed by atoms with Gasteiger partial charge in [0.05, 0.1) is 0 Å². The summed E-state index contributed by atoms with van der Waals surface area (Å²) in [5.74, 6) is 1.01. The topological polar surface area (TPSA) is 61.4 Å². The van der Waals surface area contributed by atoms with Gasteiger partial charge >= 0.3 is 0 Å². The second kappa shape index (κ2) is 7.75. The number of amides is 2. The molecule has 136 valence electrons. The summed E-state index contributed by atoms with van der Waals surface area (Å²) >= 11 is 5.88. The van der Waals surface area contributed by atoms with E-state index in [9.17, 15) is 9.59 Å². The van der Waals surface area contributed by atoms with Crippen molar-refractivity contribution in [3.05, 3.63) is 34.9 Å². The van der Waals surface area contributed by atoms with Gasteiger partial charge in [-0.3, -0.25) is 9.59 Å². The summed E-state index contributed by atoms with van der Waals surface area (Å²) in [5.41, 5.74) is 0.521. The summed E-state index contributed by atoms with van der Waals surface area (Å²) in [7, 11) is 0. The van der Waals surface area contributed by atoms with E-state index in [4.69, 9.17) is 11.6 Å². The molecule has 4 atom stereocenters. The molecule has 0 radical (unpaired) electrons. The highest BCUT2D eigenvalue weighted by molar-refractivity contribution is 6.30. The molecule has 2 heterocycles. The molecule has 0 aromatic heterocycles. The number of halogens is 1. The lowest BCUT2D eigenvalue weighted by atomic mass is 9.97. The van der Waals surface area contributed by atoms with Crippen LogP contribution < -0.4 is 10.6 Å². The fourth-order valence-electron chi connectivity index (χ4n) is 3.74. The predicted octanol–water partition coefficient (Wildman–Crippen LogP) is 2.16. The van der Waals surface area contributed by atoms with Gasteiger partial charge in [0, 0.05) is 36.8 Å². The Morgan fingerprint density at radius 1 is 1.24 bits per heavy atom. The molecule has 2 amide bonds. The van der Waals surface area contributed by atoms with Crippen LogP contribution in [0.3, 0.4) is 0 Å². The van der Waals surface area contributed by atoms with Crippen LogP contribution in [0, 0.1) is 17.8 Å². The molecule has 3 rings (SSSR count).